The fraction of sp³-hybridized carbons (Fsp3) is 0.538. The van der Waals surface area contributed by atoms with E-state index in [1.165, 1.54) is 4.57 Å². The molecule has 0 aliphatic carbocycles. The molecule has 2 atom stereocenters. The van der Waals surface area contributed by atoms with Crippen LogP contribution in [0.1, 0.15) is 29.9 Å². The van der Waals surface area contributed by atoms with Gasteiger partial charge in [0.1, 0.15) is 11.4 Å². The number of pyridine rings is 1. The highest BCUT2D eigenvalue weighted by Gasteiger charge is 2.29. The van der Waals surface area contributed by atoms with E-state index in [4.69, 9.17) is 0 Å². The van der Waals surface area contributed by atoms with Gasteiger partial charge < -0.3 is 15.1 Å². The first-order valence-corrected chi connectivity index (χ1v) is 6.27. The summed E-state index contributed by atoms with van der Waals surface area (Å²) in [6.07, 6.45) is 0.725. The number of nitrogens with zero attached hydrogens (tertiary/aromatic N) is 2. The molecule has 0 aromatic carbocycles. The van der Waals surface area contributed by atoms with Gasteiger partial charge in [-0.1, -0.05) is 6.92 Å². The summed E-state index contributed by atoms with van der Waals surface area (Å²) in [5.41, 5.74) is -0.606. The topological polar surface area (TPSA) is 82.8 Å². The van der Waals surface area contributed by atoms with Gasteiger partial charge in [0.2, 0.25) is 0 Å². The Hall–Kier alpha value is -1.82. The lowest BCUT2D eigenvalue weighted by atomic mass is 9.93. The van der Waals surface area contributed by atoms with Gasteiger partial charge in [-0.3, -0.25) is 9.36 Å². The van der Waals surface area contributed by atoms with Crippen LogP contribution in [0.5, 0.6) is 5.75 Å². The molecule has 0 saturated carbocycles. The second-order valence-corrected chi connectivity index (χ2v) is 5.21. The number of carboxylic acid groups (broad SMARTS) is 1. The molecule has 0 radical (unpaired) electrons. The smallest absolute Gasteiger partial charge is 0.352 e. The second kappa shape index (κ2) is 5.05. The first-order valence-electron chi connectivity index (χ1n) is 6.27. The van der Waals surface area contributed by atoms with E-state index < -0.39 is 11.5 Å². The molecule has 19 heavy (non-hydrogen) atoms. The molecule has 1 aliphatic rings. The molecule has 1 aromatic heterocycles. The predicted octanol–water partition coefficient (Wildman–Crippen LogP) is 0.765. The number of carboxylic acids is 1. The standard InChI is InChI=1S/C13H18N2O4/c1-8-7-14(2)4-3-10(8)15-11(13(18)19)5-9(16)6-12(15)17/h5-6,8,10,16H,3-4,7H2,1-2H3,(H,18,19). The van der Waals surface area contributed by atoms with Gasteiger partial charge in [0.05, 0.1) is 0 Å². The molecule has 1 saturated heterocycles. The van der Waals surface area contributed by atoms with Crippen molar-refractivity contribution in [3.8, 4) is 5.75 Å². The van der Waals surface area contributed by atoms with E-state index in [1.807, 2.05) is 14.0 Å². The molecular weight excluding hydrogens is 248 g/mol. The number of rotatable bonds is 2. The van der Waals surface area contributed by atoms with Gasteiger partial charge >= 0.3 is 5.97 Å². The van der Waals surface area contributed by atoms with Crippen LogP contribution in [0, 0.1) is 5.92 Å². The van der Waals surface area contributed by atoms with Crippen LogP contribution in [-0.4, -0.2) is 45.8 Å². The van der Waals surface area contributed by atoms with Crippen LogP contribution in [0.4, 0.5) is 0 Å². The monoisotopic (exact) mass is 266 g/mol. The van der Waals surface area contributed by atoms with Crippen LogP contribution < -0.4 is 5.56 Å². The number of aromatic hydroxyl groups is 1. The molecule has 1 aliphatic heterocycles. The minimum atomic E-state index is -1.20. The molecular formula is C13H18N2O4. The molecule has 6 heteroatoms. The van der Waals surface area contributed by atoms with Crippen molar-refractivity contribution in [2.45, 2.75) is 19.4 Å². The van der Waals surface area contributed by atoms with Crippen molar-refractivity contribution < 1.29 is 15.0 Å². The Morgan fingerprint density at radius 2 is 2.11 bits per heavy atom. The Balaban J connectivity index is 2.49. The van der Waals surface area contributed by atoms with Crippen LogP contribution in [-0.2, 0) is 0 Å². The molecule has 2 unspecified atom stereocenters. The van der Waals surface area contributed by atoms with Crippen molar-refractivity contribution in [1.82, 2.24) is 9.47 Å². The lowest BCUT2D eigenvalue weighted by Gasteiger charge is -2.36. The molecule has 0 amide bonds. The minimum absolute atomic E-state index is 0.143. The summed E-state index contributed by atoms with van der Waals surface area (Å²) in [5.74, 6) is -1.32. The summed E-state index contributed by atoms with van der Waals surface area (Å²) in [7, 11) is 2.00. The van der Waals surface area contributed by atoms with Crippen molar-refractivity contribution in [1.29, 1.82) is 0 Å². The third kappa shape index (κ3) is 2.63. The van der Waals surface area contributed by atoms with E-state index in [0.29, 0.717) is 0 Å². The molecule has 104 valence electrons. The number of carbonyl (C=O) groups is 1. The molecule has 2 rings (SSSR count). The fourth-order valence-electron chi connectivity index (χ4n) is 2.80. The lowest BCUT2D eigenvalue weighted by Crippen LogP contribution is -2.42. The van der Waals surface area contributed by atoms with Gasteiger partial charge in [-0.2, -0.15) is 0 Å². The Kier molecular flexibility index (Phi) is 3.61. The molecule has 0 spiro atoms. The number of aromatic carboxylic acids is 1. The first-order chi connectivity index (χ1) is 8.90. The average Bonchev–Trinajstić information content (AvgIpc) is 2.29. The maximum atomic E-state index is 12.0. The van der Waals surface area contributed by atoms with Gasteiger partial charge in [0.15, 0.2) is 0 Å². The summed E-state index contributed by atoms with van der Waals surface area (Å²) in [6, 6.07) is 2.06. The van der Waals surface area contributed by atoms with Crippen molar-refractivity contribution in [3.63, 3.8) is 0 Å². The highest BCUT2D eigenvalue weighted by Crippen LogP contribution is 2.28. The molecule has 2 N–H and O–H groups in total. The number of hydrogen-bond acceptors (Lipinski definition) is 4. The van der Waals surface area contributed by atoms with E-state index in [2.05, 4.69) is 4.90 Å². The minimum Gasteiger partial charge on any atom is -0.508 e. The zero-order chi connectivity index (χ0) is 14.2. The Morgan fingerprint density at radius 3 is 2.68 bits per heavy atom. The summed E-state index contributed by atoms with van der Waals surface area (Å²) in [4.78, 5) is 25.4. The van der Waals surface area contributed by atoms with Crippen molar-refractivity contribution in [3.05, 3.63) is 28.2 Å². The van der Waals surface area contributed by atoms with E-state index in [0.717, 1.165) is 31.6 Å². The normalized spacial score (nSPS) is 24.3. The first kappa shape index (κ1) is 13.6. The van der Waals surface area contributed by atoms with Crippen LogP contribution in [0.3, 0.4) is 0 Å². The zero-order valence-corrected chi connectivity index (χ0v) is 11.0. The van der Waals surface area contributed by atoms with Gasteiger partial charge in [-0.25, -0.2) is 4.79 Å². The summed E-state index contributed by atoms with van der Waals surface area (Å²) < 4.78 is 1.31. The van der Waals surface area contributed by atoms with Gasteiger partial charge in [-0.05, 0) is 25.9 Å². The Morgan fingerprint density at radius 1 is 1.42 bits per heavy atom. The van der Waals surface area contributed by atoms with Crippen molar-refractivity contribution in [2.24, 2.45) is 5.92 Å². The molecule has 1 fully saturated rings. The van der Waals surface area contributed by atoms with Crippen LogP contribution >= 0.6 is 0 Å². The predicted molar refractivity (Wildman–Crippen MR) is 69.6 cm³/mol. The SMILES string of the molecule is CC1CN(C)CCC1n1c(C(=O)O)cc(O)cc1=O. The highest BCUT2D eigenvalue weighted by atomic mass is 16.4. The number of aromatic nitrogens is 1. The third-order valence-electron chi connectivity index (χ3n) is 3.67. The summed E-state index contributed by atoms with van der Waals surface area (Å²) in [6.45, 7) is 3.64. The van der Waals surface area contributed by atoms with Crippen molar-refractivity contribution in [2.75, 3.05) is 20.1 Å². The van der Waals surface area contributed by atoms with Crippen LogP contribution in [0.2, 0.25) is 0 Å². The third-order valence-corrected chi connectivity index (χ3v) is 3.67. The van der Waals surface area contributed by atoms with E-state index >= 15 is 0 Å². The summed E-state index contributed by atoms with van der Waals surface area (Å²) >= 11 is 0. The Labute approximate surface area is 110 Å². The van der Waals surface area contributed by atoms with Gasteiger partial charge in [0.25, 0.3) is 5.56 Å². The largest absolute Gasteiger partial charge is 0.508 e. The molecule has 0 bridgehead atoms. The van der Waals surface area contributed by atoms with E-state index in [1.54, 1.807) is 0 Å². The molecule has 2 heterocycles. The summed E-state index contributed by atoms with van der Waals surface area (Å²) in [5, 5.41) is 18.6. The molecule has 6 nitrogen and oxygen atoms in total. The van der Waals surface area contributed by atoms with Gasteiger partial charge in [0, 0.05) is 24.7 Å². The second-order valence-electron chi connectivity index (χ2n) is 5.21. The quantitative estimate of drug-likeness (QED) is 0.826. The number of piperidine rings is 1. The highest BCUT2D eigenvalue weighted by molar-refractivity contribution is 5.86. The maximum absolute atomic E-state index is 12.0. The van der Waals surface area contributed by atoms with E-state index in [-0.39, 0.29) is 23.4 Å². The van der Waals surface area contributed by atoms with Gasteiger partial charge in [-0.15, -0.1) is 0 Å². The van der Waals surface area contributed by atoms with Crippen LogP contribution in [0.25, 0.3) is 0 Å². The lowest BCUT2D eigenvalue weighted by molar-refractivity contribution is 0.0669. The Bertz CT molecular complexity index is 552. The van der Waals surface area contributed by atoms with Crippen LogP contribution in [0.15, 0.2) is 16.9 Å². The number of hydrogen-bond donors (Lipinski definition) is 2. The molecule has 1 aromatic rings. The van der Waals surface area contributed by atoms with Crippen molar-refractivity contribution >= 4 is 5.97 Å². The maximum Gasteiger partial charge on any atom is 0.352 e. The fourth-order valence-corrected chi connectivity index (χ4v) is 2.80. The number of likely N-dealkylation sites (tertiary alicyclic amines) is 1. The average molecular weight is 266 g/mol. The zero-order valence-electron chi connectivity index (χ0n) is 11.0. The van der Waals surface area contributed by atoms with E-state index in [9.17, 15) is 19.8 Å².